The average molecular weight is 428 g/mol. The number of fused-ring (bicyclic) bond motifs is 1. The van der Waals surface area contributed by atoms with Crippen LogP contribution in [-0.2, 0) is 11.8 Å². The molecule has 2 aromatic heterocycles. The van der Waals surface area contributed by atoms with Crippen molar-refractivity contribution < 1.29 is 19.1 Å². The molecule has 10 heteroatoms. The zero-order valence-corrected chi connectivity index (χ0v) is 16.6. The molecule has 0 spiro atoms. The number of nitrogens with one attached hydrogen (secondary N) is 2. The number of anilines is 3. The first-order valence-corrected chi connectivity index (χ1v) is 9.14. The van der Waals surface area contributed by atoms with E-state index in [1.165, 1.54) is 35.2 Å². The summed E-state index contributed by atoms with van der Waals surface area (Å²) in [6.45, 7) is 1.76. The highest BCUT2D eigenvalue weighted by atomic mass is 35.5. The Morgan fingerprint density at radius 2 is 2.10 bits per heavy atom. The van der Waals surface area contributed by atoms with Gasteiger partial charge in [0.05, 0.1) is 16.2 Å². The number of aromatic nitrogens is 3. The van der Waals surface area contributed by atoms with E-state index in [0.717, 1.165) is 0 Å². The van der Waals surface area contributed by atoms with Gasteiger partial charge in [-0.2, -0.15) is 0 Å². The van der Waals surface area contributed by atoms with Gasteiger partial charge in [0.2, 0.25) is 0 Å². The molecule has 0 saturated heterocycles. The molecular weight excluding hydrogens is 413 g/mol. The number of nitrogens with zero attached hydrogens (tertiary/aromatic N) is 3. The lowest BCUT2D eigenvalue weighted by molar-refractivity contribution is -0.110. The molecule has 8 nitrogen and oxygen atoms in total. The van der Waals surface area contributed by atoms with E-state index in [9.17, 15) is 19.1 Å². The second kappa shape index (κ2) is 7.27. The molecule has 0 bridgehead atoms. The Hall–Kier alpha value is -3.72. The molecule has 0 fully saturated rings. The van der Waals surface area contributed by atoms with Crippen LogP contribution in [0.3, 0.4) is 0 Å². The lowest BCUT2D eigenvalue weighted by Gasteiger charge is -2.10. The number of carbonyl (C=O) groups is 2. The van der Waals surface area contributed by atoms with E-state index in [4.69, 9.17) is 11.6 Å². The van der Waals surface area contributed by atoms with E-state index in [1.807, 2.05) is 0 Å². The van der Waals surface area contributed by atoms with Crippen LogP contribution in [0.15, 0.2) is 30.6 Å². The van der Waals surface area contributed by atoms with Crippen LogP contribution in [0.4, 0.5) is 21.7 Å². The van der Waals surface area contributed by atoms with Crippen LogP contribution in [-0.4, -0.2) is 31.5 Å². The van der Waals surface area contributed by atoms with Crippen LogP contribution in [0.2, 0.25) is 5.02 Å². The number of benzene rings is 1. The number of carboxylic acids is 1. The topological polar surface area (TPSA) is 109 Å². The molecule has 3 N–H and O–H groups in total. The number of carbonyl (C=O) groups excluding carboxylic acids is 1. The zero-order chi connectivity index (χ0) is 21.6. The van der Waals surface area contributed by atoms with Gasteiger partial charge in [-0.3, -0.25) is 4.79 Å². The summed E-state index contributed by atoms with van der Waals surface area (Å²) in [5.74, 6) is -1.40. The SMILES string of the molecule is Cc1cc(C(=O)O)n(C)c1/C=C1\C(=O)Nc2ncnc(Nc3ccc(F)c(Cl)c3)c21. The first kappa shape index (κ1) is 19.6. The molecule has 30 heavy (non-hydrogen) atoms. The second-order valence-electron chi connectivity index (χ2n) is 6.67. The minimum Gasteiger partial charge on any atom is -0.477 e. The maximum Gasteiger partial charge on any atom is 0.352 e. The molecule has 1 aliphatic heterocycles. The van der Waals surface area contributed by atoms with Crippen molar-refractivity contribution in [3.05, 3.63) is 63.9 Å². The van der Waals surface area contributed by atoms with E-state index < -0.39 is 17.7 Å². The van der Waals surface area contributed by atoms with Crippen molar-refractivity contribution in [1.29, 1.82) is 0 Å². The van der Waals surface area contributed by atoms with Gasteiger partial charge in [-0.25, -0.2) is 19.2 Å². The van der Waals surface area contributed by atoms with Crippen LogP contribution >= 0.6 is 11.6 Å². The Bertz CT molecular complexity index is 1250. The minimum atomic E-state index is -1.07. The molecule has 3 heterocycles. The highest BCUT2D eigenvalue weighted by Crippen LogP contribution is 2.37. The fourth-order valence-electron chi connectivity index (χ4n) is 3.29. The van der Waals surface area contributed by atoms with Crippen LogP contribution in [0.1, 0.15) is 27.3 Å². The van der Waals surface area contributed by atoms with Crippen molar-refractivity contribution in [1.82, 2.24) is 14.5 Å². The lowest BCUT2D eigenvalue weighted by Crippen LogP contribution is -2.07. The molecule has 1 amide bonds. The molecular formula is C20H15ClFN5O3. The fraction of sp³-hybridized carbons (Fsp3) is 0.100. The van der Waals surface area contributed by atoms with Crippen molar-refractivity contribution in [2.24, 2.45) is 7.05 Å². The van der Waals surface area contributed by atoms with Crippen molar-refractivity contribution in [2.75, 3.05) is 10.6 Å². The number of hydrogen-bond acceptors (Lipinski definition) is 5. The van der Waals surface area contributed by atoms with Crippen molar-refractivity contribution in [2.45, 2.75) is 6.92 Å². The van der Waals surface area contributed by atoms with Gasteiger partial charge in [-0.05, 0) is 42.8 Å². The number of amides is 1. The first-order chi connectivity index (χ1) is 14.3. The number of carboxylic acid groups (broad SMARTS) is 1. The number of rotatable bonds is 4. The predicted molar refractivity (Wildman–Crippen MR) is 110 cm³/mol. The standard InChI is InChI=1S/C20H15ClFN5O3/c1-9-5-15(20(29)30)27(2)14(9)7-11-16-17(23-8-24-18(16)26-19(11)28)25-10-3-4-13(22)12(21)6-10/h3-8H,1-2H3,(H,29,30)(H2,23,24,25,26,28)/b11-7-. The predicted octanol–water partition coefficient (Wildman–Crippen LogP) is 3.85. The Morgan fingerprint density at radius 3 is 2.77 bits per heavy atom. The number of hydrogen-bond donors (Lipinski definition) is 3. The van der Waals surface area contributed by atoms with Gasteiger partial charge in [0, 0.05) is 18.4 Å². The summed E-state index contributed by atoms with van der Waals surface area (Å²) < 4.78 is 14.9. The summed E-state index contributed by atoms with van der Waals surface area (Å²) in [5, 5.41) is 15.0. The fourth-order valence-corrected chi connectivity index (χ4v) is 3.47. The zero-order valence-electron chi connectivity index (χ0n) is 15.8. The van der Waals surface area contributed by atoms with E-state index in [-0.39, 0.29) is 16.3 Å². The molecule has 0 unspecified atom stereocenters. The number of aryl methyl sites for hydroxylation is 1. The molecule has 4 rings (SSSR count). The highest BCUT2D eigenvalue weighted by molar-refractivity contribution is 6.35. The number of aromatic carboxylic acids is 1. The van der Waals surface area contributed by atoms with Gasteiger partial charge in [-0.1, -0.05) is 11.6 Å². The Balaban J connectivity index is 1.82. The minimum absolute atomic E-state index is 0.0590. The summed E-state index contributed by atoms with van der Waals surface area (Å²) in [6.07, 6.45) is 2.88. The van der Waals surface area contributed by atoms with Gasteiger partial charge in [0.25, 0.3) is 5.91 Å². The Morgan fingerprint density at radius 1 is 1.33 bits per heavy atom. The summed E-state index contributed by atoms with van der Waals surface area (Å²) in [4.78, 5) is 32.4. The quantitative estimate of drug-likeness (QED) is 0.546. The summed E-state index contributed by atoms with van der Waals surface area (Å²) in [5.41, 5.74) is 2.51. The summed E-state index contributed by atoms with van der Waals surface area (Å²) >= 11 is 5.84. The van der Waals surface area contributed by atoms with Gasteiger partial charge >= 0.3 is 5.97 Å². The van der Waals surface area contributed by atoms with Gasteiger partial charge in [0.15, 0.2) is 0 Å². The molecule has 1 aliphatic rings. The van der Waals surface area contributed by atoms with E-state index in [1.54, 1.807) is 20.0 Å². The number of halogens is 2. The third kappa shape index (κ3) is 3.29. The molecule has 0 aliphatic carbocycles. The highest BCUT2D eigenvalue weighted by Gasteiger charge is 2.30. The molecule has 152 valence electrons. The maximum atomic E-state index is 13.5. The second-order valence-corrected chi connectivity index (χ2v) is 7.08. The third-order valence-corrected chi connectivity index (χ3v) is 5.05. The summed E-state index contributed by atoms with van der Waals surface area (Å²) in [6, 6.07) is 5.64. The van der Waals surface area contributed by atoms with Crippen LogP contribution in [0, 0.1) is 12.7 Å². The largest absolute Gasteiger partial charge is 0.477 e. The molecule has 0 radical (unpaired) electrons. The normalized spacial score (nSPS) is 14.0. The van der Waals surface area contributed by atoms with Crippen LogP contribution < -0.4 is 10.6 Å². The van der Waals surface area contributed by atoms with Gasteiger partial charge in [-0.15, -0.1) is 0 Å². The Kier molecular flexibility index (Phi) is 4.75. The smallest absolute Gasteiger partial charge is 0.352 e. The van der Waals surface area contributed by atoms with E-state index in [0.29, 0.717) is 34.1 Å². The van der Waals surface area contributed by atoms with Crippen molar-refractivity contribution in [3.8, 4) is 0 Å². The Labute approximate surface area is 175 Å². The monoisotopic (exact) mass is 427 g/mol. The van der Waals surface area contributed by atoms with Crippen molar-refractivity contribution in [3.63, 3.8) is 0 Å². The molecule has 0 atom stereocenters. The third-order valence-electron chi connectivity index (χ3n) is 4.76. The van der Waals surface area contributed by atoms with E-state index in [2.05, 4.69) is 20.6 Å². The summed E-state index contributed by atoms with van der Waals surface area (Å²) in [7, 11) is 1.61. The van der Waals surface area contributed by atoms with E-state index >= 15 is 0 Å². The average Bonchev–Trinajstić information content (AvgIpc) is 3.16. The molecule has 3 aromatic rings. The lowest BCUT2D eigenvalue weighted by atomic mass is 10.1. The molecule has 1 aromatic carbocycles. The first-order valence-electron chi connectivity index (χ1n) is 8.76. The van der Waals surface area contributed by atoms with Gasteiger partial charge in [0.1, 0.15) is 29.5 Å². The van der Waals surface area contributed by atoms with Crippen molar-refractivity contribution >= 4 is 52.4 Å². The molecule has 0 saturated carbocycles. The van der Waals surface area contributed by atoms with Crippen LogP contribution in [0.5, 0.6) is 0 Å². The van der Waals surface area contributed by atoms with Crippen LogP contribution in [0.25, 0.3) is 11.6 Å². The maximum absolute atomic E-state index is 13.5. The van der Waals surface area contributed by atoms with Gasteiger partial charge < -0.3 is 20.3 Å².